The van der Waals surface area contributed by atoms with Gasteiger partial charge in [-0.1, -0.05) is 18.2 Å². The van der Waals surface area contributed by atoms with Crippen LogP contribution in [0.1, 0.15) is 5.56 Å². The van der Waals surface area contributed by atoms with Crippen LogP contribution in [0.15, 0.2) is 53.3 Å². The quantitative estimate of drug-likeness (QED) is 0.700. The minimum atomic E-state index is -0.161. The van der Waals surface area contributed by atoms with E-state index in [1.54, 1.807) is 18.2 Å². The third kappa shape index (κ3) is 2.23. The van der Waals surface area contributed by atoms with E-state index in [-0.39, 0.29) is 5.56 Å². The third-order valence-corrected chi connectivity index (χ3v) is 3.15. The summed E-state index contributed by atoms with van der Waals surface area (Å²) in [4.78, 5) is 14.7. The molecule has 0 spiro atoms. The second-order valence-corrected chi connectivity index (χ2v) is 4.68. The van der Waals surface area contributed by atoms with Crippen molar-refractivity contribution in [2.45, 2.75) is 6.92 Å². The van der Waals surface area contributed by atoms with Crippen molar-refractivity contribution in [1.29, 1.82) is 0 Å². The molecule has 100 valence electrons. The summed E-state index contributed by atoms with van der Waals surface area (Å²) in [5.74, 6) is 1.09. The van der Waals surface area contributed by atoms with Crippen LogP contribution in [0.2, 0.25) is 0 Å². The van der Waals surface area contributed by atoms with Gasteiger partial charge >= 0.3 is 0 Å². The number of aromatic amines is 1. The molecule has 0 saturated carbocycles. The van der Waals surface area contributed by atoms with Crippen molar-refractivity contribution in [2.75, 3.05) is 5.73 Å². The second-order valence-electron chi connectivity index (χ2n) is 4.68. The number of aromatic nitrogens is 1. The zero-order chi connectivity index (χ0) is 14.1. The van der Waals surface area contributed by atoms with Gasteiger partial charge in [-0.3, -0.25) is 9.78 Å². The molecule has 4 nitrogen and oxygen atoms in total. The van der Waals surface area contributed by atoms with Crippen LogP contribution in [0.25, 0.3) is 10.8 Å². The van der Waals surface area contributed by atoms with Crippen LogP contribution < -0.4 is 16.0 Å². The average molecular weight is 266 g/mol. The molecule has 3 rings (SSSR count). The van der Waals surface area contributed by atoms with Crippen LogP contribution >= 0.6 is 0 Å². The summed E-state index contributed by atoms with van der Waals surface area (Å²) in [6, 6.07) is 14.6. The van der Waals surface area contributed by atoms with Gasteiger partial charge < -0.3 is 10.5 Å². The summed E-state index contributed by atoms with van der Waals surface area (Å²) in [6.07, 6.45) is 0. The Morgan fingerprint density at radius 3 is 2.70 bits per heavy atom. The molecular formula is C16H14N2O2. The topological polar surface area (TPSA) is 68.1 Å². The minimum Gasteiger partial charge on any atom is -0.441 e. The van der Waals surface area contributed by atoms with E-state index in [9.17, 15) is 4.79 Å². The van der Waals surface area contributed by atoms with E-state index in [4.69, 9.17) is 10.5 Å². The summed E-state index contributed by atoms with van der Waals surface area (Å²) < 4.78 is 5.74. The first kappa shape index (κ1) is 12.3. The lowest BCUT2D eigenvalue weighted by Crippen LogP contribution is -2.07. The Balaban J connectivity index is 2.05. The molecule has 1 heterocycles. The number of hydrogen-bond acceptors (Lipinski definition) is 3. The van der Waals surface area contributed by atoms with Crippen LogP contribution in [0.5, 0.6) is 11.6 Å². The summed E-state index contributed by atoms with van der Waals surface area (Å²) in [5.41, 5.74) is 7.14. The maximum atomic E-state index is 12.0. The number of nitrogen functional groups attached to an aromatic ring is 1. The number of aryl methyl sites for hydroxylation is 1. The number of nitrogens with two attached hydrogens (primary N) is 1. The number of fused-ring (bicyclic) bond motifs is 1. The van der Waals surface area contributed by atoms with Gasteiger partial charge in [0.15, 0.2) is 0 Å². The zero-order valence-electron chi connectivity index (χ0n) is 11.0. The smallest absolute Gasteiger partial charge is 0.258 e. The second kappa shape index (κ2) is 4.74. The third-order valence-electron chi connectivity index (χ3n) is 3.15. The van der Waals surface area contributed by atoms with Gasteiger partial charge in [-0.2, -0.15) is 0 Å². The van der Waals surface area contributed by atoms with Crippen molar-refractivity contribution in [3.63, 3.8) is 0 Å². The molecule has 0 bridgehead atoms. The van der Waals surface area contributed by atoms with Crippen molar-refractivity contribution in [2.24, 2.45) is 0 Å². The molecule has 0 aliphatic carbocycles. The average Bonchev–Trinajstić information content (AvgIpc) is 2.42. The highest BCUT2D eigenvalue weighted by molar-refractivity contribution is 5.82. The fourth-order valence-corrected chi connectivity index (χ4v) is 2.15. The maximum absolute atomic E-state index is 12.0. The number of hydrogen-bond donors (Lipinski definition) is 2. The first-order valence-corrected chi connectivity index (χ1v) is 6.29. The summed E-state index contributed by atoms with van der Waals surface area (Å²) in [6.45, 7) is 1.91. The van der Waals surface area contributed by atoms with Crippen molar-refractivity contribution in [3.05, 3.63) is 64.4 Å². The highest BCUT2D eigenvalue weighted by atomic mass is 16.5. The van der Waals surface area contributed by atoms with E-state index in [2.05, 4.69) is 4.98 Å². The number of nitrogens with one attached hydrogen (secondary N) is 1. The summed E-state index contributed by atoms with van der Waals surface area (Å²) in [7, 11) is 0. The standard InChI is InChI=1S/C16H14N2O2/c1-10-8-12(17)6-7-14(10)20-15-9-11-4-2-3-5-13(11)16(19)18-15/h2-9H,17H2,1H3,(H,18,19). The molecule has 0 fully saturated rings. The lowest BCUT2D eigenvalue weighted by atomic mass is 10.2. The molecule has 0 unspecified atom stereocenters. The lowest BCUT2D eigenvalue weighted by molar-refractivity contribution is 0.459. The van der Waals surface area contributed by atoms with Gasteiger partial charge in [-0.05, 0) is 42.1 Å². The van der Waals surface area contributed by atoms with Crippen LogP contribution in [-0.2, 0) is 0 Å². The molecule has 4 heteroatoms. The first-order valence-electron chi connectivity index (χ1n) is 6.29. The van der Waals surface area contributed by atoms with Gasteiger partial charge in [-0.25, -0.2) is 0 Å². The Hall–Kier alpha value is -2.75. The molecule has 0 radical (unpaired) electrons. The Morgan fingerprint density at radius 2 is 1.90 bits per heavy atom. The van der Waals surface area contributed by atoms with E-state index in [0.717, 1.165) is 10.9 Å². The molecule has 20 heavy (non-hydrogen) atoms. The zero-order valence-corrected chi connectivity index (χ0v) is 11.0. The van der Waals surface area contributed by atoms with Crippen LogP contribution in [0.4, 0.5) is 5.69 Å². The van der Waals surface area contributed by atoms with Crippen LogP contribution in [-0.4, -0.2) is 4.98 Å². The Bertz CT molecular complexity index is 837. The van der Waals surface area contributed by atoms with E-state index in [0.29, 0.717) is 22.7 Å². The molecular weight excluding hydrogens is 252 g/mol. The predicted molar refractivity (Wildman–Crippen MR) is 80.2 cm³/mol. The number of pyridine rings is 1. The minimum absolute atomic E-state index is 0.161. The van der Waals surface area contributed by atoms with Crippen LogP contribution in [0.3, 0.4) is 0 Å². The van der Waals surface area contributed by atoms with E-state index < -0.39 is 0 Å². The Labute approximate surface area is 115 Å². The maximum Gasteiger partial charge on any atom is 0.258 e. The summed E-state index contributed by atoms with van der Waals surface area (Å²) >= 11 is 0. The largest absolute Gasteiger partial charge is 0.441 e. The molecule has 1 aromatic heterocycles. The van der Waals surface area contributed by atoms with Gasteiger partial charge in [0.2, 0.25) is 5.88 Å². The molecule has 0 aliphatic rings. The SMILES string of the molecule is Cc1cc(N)ccc1Oc1cc2ccccc2c(=O)[nH]1. The molecule has 2 aromatic carbocycles. The van der Waals surface area contributed by atoms with E-state index in [1.807, 2.05) is 37.3 Å². The molecule has 3 aromatic rings. The fourth-order valence-electron chi connectivity index (χ4n) is 2.15. The number of ether oxygens (including phenoxy) is 1. The highest BCUT2D eigenvalue weighted by Gasteiger charge is 2.05. The highest BCUT2D eigenvalue weighted by Crippen LogP contribution is 2.26. The van der Waals surface area contributed by atoms with Crippen molar-refractivity contribution < 1.29 is 4.74 Å². The molecule has 0 saturated heterocycles. The first-order chi connectivity index (χ1) is 9.63. The molecule has 3 N–H and O–H groups in total. The summed E-state index contributed by atoms with van der Waals surface area (Å²) in [5, 5.41) is 1.49. The fraction of sp³-hybridized carbons (Fsp3) is 0.0625. The lowest BCUT2D eigenvalue weighted by Gasteiger charge is -2.09. The number of H-pyrrole nitrogens is 1. The number of anilines is 1. The van der Waals surface area contributed by atoms with Gasteiger partial charge in [0, 0.05) is 17.1 Å². The normalized spacial score (nSPS) is 10.7. The van der Waals surface area contributed by atoms with Gasteiger partial charge in [0.05, 0.1) is 0 Å². The van der Waals surface area contributed by atoms with Gasteiger partial charge in [0.1, 0.15) is 5.75 Å². The van der Waals surface area contributed by atoms with E-state index >= 15 is 0 Å². The molecule has 0 atom stereocenters. The molecule has 0 aliphatic heterocycles. The van der Waals surface area contributed by atoms with Crippen molar-refractivity contribution in [3.8, 4) is 11.6 Å². The monoisotopic (exact) mass is 266 g/mol. The number of benzene rings is 2. The molecule has 0 amide bonds. The Morgan fingerprint density at radius 1 is 1.10 bits per heavy atom. The predicted octanol–water partition coefficient (Wildman–Crippen LogP) is 3.21. The van der Waals surface area contributed by atoms with Crippen molar-refractivity contribution >= 4 is 16.5 Å². The van der Waals surface area contributed by atoms with Gasteiger partial charge in [0.25, 0.3) is 5.56 Å². The number of rotatable bonds is 2. The van der Waals surface area contributed by atoms with E-state index in [1.165, 1.54) is 0 Å². The van der Waals surface area contributed by atoms with Crippen molar-refractivity contribution in [1.82, 2.24) is 4.98 Å². The van der Waals surface area contributed by atoms with Gasteiger partial charge in [-0.15, -0.1) is 0 Å². The van der Waals surface area contributed by atoms with Crippen LogP contribution in [0, 0.1) is 6.92 Å². The Kier molecular flexibility index (Phi) is 2.91.